The summed E-state index contributed by atoms with van der Waals surface area (Å²) >= 11 is 0. The minimum absolute atomic E-state index is 0.0245. The normalized spacial score (nSPS) is 20.8. The van der Waals surface area contributed by atoms with Crippen molar-refractivity contribution in [1.29, 1.82) is 0 Å². The number of amides is 3. The van der Waals surface area contributed by atoms with Crippen molar-refractivity contribution in [2.75, 3.05) is 6.61 Å². The van der Waals surface area contributed by atoms with Crippen LogP contribution in [0.4, 0.5) is 4.79 Å². The molecule has 3 aromatic carbocycles. The second-order valence-electron chi connectivity index (χ2n) is 13.2. The Labute approximate surface area is 297 Å². The van der Waals surface area contributed by atoms with Crippen molar-refractivity contribution >= 4 is 23.9 Å². The molecule has 13 heteroatoms. The Morgan fingerprint density at radius 2 is 1.27 bits per heavy atom. The molecule has 0 spiro atoms. The van der Waals surface area contributed by atoms with Crippen molar-refractivity contribution in [3.05, 3.63) is 108 Å². The molecule has 3 amide bonds. The van der Waals surface area contributed by atoms with Crippen LogP contribution in [0.1, 0.15) is 50.8 Å². The highest BCUT2D eigenvalue weighted by atomic mass is 16.6. The Morgan fingerprint density at radius 3 is 1.76 bits per heavy atom. The fourth-order valence-electron chi connectivity index (χ4n) is 5.44. The average Bonchev–Trinajstić information content (AvgIpc) is 3.08. The second kappa shape index (κ2) is 19.0. The maximum atomic E-state index is 13.4. The predicted molar refractivity (Wildman–Crippen MR) is 186 cm³/mol. The van der Waals surface area contributed by atoms with Crippen LogP contribution in [0.25, 0.3) is 0 Å². The first-order valence-corrected chi connectivity index (χ1v) is 16.7. The number of ether oxygens (including phenoxy) is 5. The summed E-state index contributed by atoms with van der Waals surface area (Å²) in [5.41, 5.74) is 1.81. The van der Waals surface area contributed by atoms with Gasteiger partial charge in [0, 0.05) is 6.92 Å². The van der Waals surface area contributed by atoms with Gasteiger partial charge in [0.1, 0.15) is 36.0 Å². The maximum Gasteiger partial charge on any atom is 0.408 e. The van der Waals surface area contributed by atoms with Crippen LogP contribution in [0.3, 0.4) is 0 Å². The Hall–Kier alpha value is -4.82. The summed E-state index contributed by atoms with van der Waals surface area (Å²) in [6, 6.07) is 25.9. The highest BCUT2D eigenvalue weighted by Gasteiger charge is 2.49. The molecular weight excluding hydrogens is 658 g/mol. The molecule has 13 nitrogen and oxygen atoms in total. The van der Waals surface area contributed by atoms with Gasteiger partial charge in [0.15, 0.2) is 6.23 Å². The van der Waals surface area contributed by atoms with E-state index in [0.29, 0.717) is 0 Å². The number of rotatable bonds is 16. The van der Waals surface area contributed by atoms with Gasteiger partial charge in [-0.1, -0.05) is 91.0 Å². The predicted octanol–water partition coefficient (Wildman–Crippen LogP) is 4.09. The van der Waals surface area contributed by atoms with Crippen molar-refractivity contribution in [2.45, 2.75) is 96.2 Å². The van der Waals surface area contributed by atoms with Crippen LogP contribution in [-0.2, 0) is 57.9 Å². The average molecular weight is 706 g/mol. The Balaban J connectivity index is 1.62. The van der Waals surface area contributed by atoms with E-state index in [1.165, 1.54) is 6.92 Å². The highest BCUT2D eigenvalue weighted by Crippen LogP contribution is 2.28. The van der Waals surface area contributed by atoms with Gasteiger partial charge in [0.05, 0.1) is 32.8 Å². The van der Waals surface area contributed by atoms with Gasteiger partial charge < -0.3 is 44.7 Å². The van der Waals surface area contributed by atoms with Gasteiger partial charge in [0.25, 0.3) is 0 Å². The third kappa shape index (κ3) is 13.1. The molecule has 6 atom stereocenters. The molecule has 4 N–H and O–H groups in total. The van der Waals surface area contributed by atoms with Crippen LogP contribution in [0.5, 0.6) is 0 Å². The van der Waals surface area contributed by atoms with Gasteiger partial charge in [-0.05, 0) is 37.5 Å². The monoisotopic (exact) mass is 705 g/mol. The van der Waals surface area contributed by atoms with E-state index in [2.05, 4.69) is 16.0 Å². The number of aliphatic carboxylic acids is 1. The molecule has 1 heterocycles. The van der Waals surface area contributed by atoms with Crippen molar-refractivity contribution < 1.29 is 48.0 Å². The number of nitrogens with one attached hydrogen (secondary N) is 3. The van der Waals surface area contributed by atoms with Crippen molar-refractivity contribution in [3.63, 3.8) is 0 Å². The Kier molecular flexibility index (Phi) is 14.5. The molecule has 0 unspecified atom stereocenters. The number of alkyl carbamates (subject to hydrolysis) is 1. The van der Waals surface area contributed by atoms with Gasteiger partial charge in [0.2, 0.25) is 11.8 Å². The first-order chi connectivity index (χ1) is 24.4. The zero-order valence-corrected chi connectivity index (χ0v) is 29.3. The van der Waals surface area contributed by atoms with E-state index in [9.17, 15) is 24.3 Å². The number of benzene rings is 3. The minimum Gasteiger partial charge on any atom is -0.480 e. The smallest absolute Gasteiger partial charge is 0.408 e. The summed E-state index contributed by atoms with van der Waals surface area (Å²) in [6.45, 7) is 6.84. The van der Waals surface area contributed by atoms with E-state index in [4.69, 9.17) is 23.7 Å². The number of hydrogen-bond donors (Lipinski definition) is 4. The summed E-state index contributed by atoms with van der Waals surface area (Å²) in [6.07, 6.45) is -5.34. The Bertz CT molecular complexity index is 1550. The summed E-state index contributed by atoms with van der Waals surface area (Å²) < 4.78 is 30.7. The largest absolute Gasteiger partial charge is 0.480 e. The fraction of sp³-hybridized carbons (Fsp3) is 0.421. The van der Waals surface area contributed by atoms with Gasteiger partial charge in [-0.3, -0.25) is 9.59 Å². The lowest BCUT2D eigenvalue weighted by Gasteiger charge is -2.46. The van der Waals surface area contributed by atoms with E-state index < -0.39 is 72.5 Å². The summed E-state index contributed by atoms with van der Waals surface area (Å²) in [5, 5.41) is 17.6. The maximum absolute atomic E-state index is 13.4. The molecule has 1 saturated heterocycles. The van der Waals surface area contributed by atoms with Gasteiger partial charge in [-0.15, -0.1) is 0 Å². The van der Waals surface area contributed by atoms with E-state index in [1.807, 2.05) is 91.0 Å². The molecule has 0 aromatic heterocycles. The summed E-state index contributed by atoms with van der Waals surface area (Å²) in [4.78, 5) is 50.5. The third-order valence-corrected chi connectivity index (χ3v) is 7.71. The fourth-order valence-corrected chi connectivity index (χ4v) is 5.44. The molecule has 51 heavy (non-hydrogen) atoms. The molecule has 1 fully saturated rings. The molecule has 4 rings (SSSR count). The zero-order chi connectivity index (χ0) is 36.8. The molecule has 0 aliphatic carbocycles. The lowest BCUT2D eigenvalue weighted by Crippen LogP contribution is -2.69. The second-order valence-corrected chi connectivity index (χ2v) is 13.2. The molecule has 0 radical (unpaired) electrons. The molecule has 1 aliphatic rings. The number of carbonyl (C=O) groups is 4. The van der Waals surface area contributed by atoms with Crippen LogP contribution >= 0.6 is 0 Å². The third-order valence-electron chi connectivity index (χ3n) is 7.71. The number of carbonyl (C=O) groups excluding carboxylic acids is 3. The zero-order valence-electron chi connectivity index (χ0n) is 29.3. The quantitative estimate of drug-likeness (QED) is 0.170. The SMILES string of the molecule is CC(=O)N[C@@H]1[C@@H](OCc2ccccc2)[C@H](OCc2ccccc2)[C@@H](COCc2ccccc2)O[C@H]1NC(=O)C[C@H](NC(=O)OC(C)(C)C)C(=O)O. The van der Waals surface area contributed by atoms with Crippen LogP contribution in [-0.4, -0.2) is 77.8 Å². The van der Waals surface area contributed by atoms with Crippen LogP contribution in [0.15, 0.2) is 91.0 Å². The molecule has 0 saturated carbocycles. The van der Waals surface area contributed by atoms with E-state index in [0.717, 1.165) is 16.7 Å². The van der Waals surface area contributed by atoms with Gasteiger partial charge >= 0.3 is 12.1 Å². The van der Waals surface area contributed by atoms with Crippen LogP contribution in [0, 0.1) is 0 Å². The minimum atomic E-state index is -1.61. The van der Waals surface area contributed by atoms with E-state index >= 15 is 0 Å². The number of hydrogen-bond acceptors (Lipinski definition) is 9. The Morgan fingerprint density at radius 1 is 0.765 bits per heavy atom. The molecule has 1 aliphatic heterocycles. The van der Waals surface area contributed by atoms with Gasteiger partial charge in [-0.2, -0.15) is 0 Å². The molecule has 274 valence electrons. The summed E-state index contributed by atoms with van der Waals surface area (Å²) in [7, 11) is 0. The first kappa shape index (κ1) is 39.0. The molecular formula is C38H47N3O10. The van der Waals surface area contributed by atoms with E-state index in [-0.39, 0.29) is 26.4 Å². The first-order valence-electron chi connectivity index (χ1n) is 16.7. The van der Waals surface area contributed by atoms with Crippen LogP contribution < -0.4 is 16.0 Å². The lowest BCUT2D eigenvalue weighted by atomic mass is 9.94. The van der Waals surface area contributed by atoms with Crippen molar-refractivity contribution in [3.8, 4) is 0 Å². The molecule has 3 aromatic rings. The van der Waals surface area contributed by atoms with Crippen molar-refractivity contribution in [2.24, 2.45) is 0 Å². The summed E-state index contributed by atoms with van der Waals surface area (Å²) in [5.74, 6) is -2.63. The van der Waals surface area contributed by atoms with E-state index in [1.54, 1.807) is 20.8 Å². The topological polar surface area (TPSA) is 171 Å². The standard InChI is InChI=1S/C38H47N3O10/c1-25(42)39-32-34(49-23-28-18-12-7-13-19-28)33(48-22-27-16-10-6-11-17-27)30(24-47-21-26-14-8-5-9-15-26)50-35(32)41-31(43)20-29(36(44)45)40-37(46)51-38(2,3)4/h5-19,29-30,32-35H,20-24H2,1-4H3,(H,39,42)(H,40,46)(H,41,43)(H,44,45)/t29-,30+,32+,33+,34+,35+/m0/s1. The molecule has 0 bridgehead atoms. The van der Waals surface area contributed by atoms with Crippen LogP contribution in [0.2, 0.25) is 0 Å². The van der Waals surface area contributed by atoms with Gasteiger partial charge in [-0.25, -0.2) is 9.59 Å². The highest BCUT2D eigenvalue weighted by molar-refractivity contribution is 5.87. The number of carboxylic acid groups (broad SMARTS) is 1. The lowest BCUT2D eigenvalue weighted by molar-refractivity contribution is -0.237. The van der Waals surface area contributed by atoms with Crippen molar-refractivity contribution in [1.82, 2.24) is 16.0 Å². The number of carboxylic acids is 1.